The molecule has 0 unspecified atom stereocenters. The molecule has 0 amide bonds. The molecule has 0 saturated carbocycles. The first-order valence-corrected chi connectivity index (χ1v) is 6.89. The van der Waals surface area contributed by atoms with Gasteiger partial charge in [-0.25, -0.2) is 0 Å². The molecule has 20 heavy (non-hydrogen) atoms. The molecule has 0 fully saturated rings. The van der Waals surface area contributed by atoms with Crippen molar-refractivity contribution in [2.24, 2.45) is 0 Å². The lowest BCUT2D eigenvalue weighted by atomic mass is 9.84. The van der Waals surface area contributed by atoms with E-state index in [0.717, 1.165) is 28.9 Å². The van der Waals surface area contributed by atoms with Crippen molar-refractivity contribution < 1.29 is 14.6 Å². The van der Waals surface area contributed by atoms with Crippen molar-refractivity contribution in [1.82, 2.24) is 0 Å². The topological polar surface area (TPSA) is 46.5 Å². The number of carboxylic acid groups (broad SMARTS) is 1. The number of allylic oxidation sites excluding steroid dienone is 1. The number of carboxylic acids is 1. The molecule has 0 bridgehead atoms. The van der Waals surface area contributed by atoms with E-state index in [0.29, 0.717) is 0 Å². The van der Waals surface area contributed by atoms with Gasteiger partial charge in [-0.3, -0.25) is 4.79 Å². The summed E-state index contributed by atoms with van der Waals surface area (Å²) in [5.74, 6) is 0.0652. The molecule has 0 aliphatic carbocycles. The summed E-state index contributed by atoms with van der Waals surface area (Å²) in [6, 6.07) is 6.06. The third kappa shape index (κ3) is 4.12. The highest BCUT2D eigenvalue weighted by Crippen LogP contribution is 2.34. The fourth-order valence-electron chi connectivity index (χ4n) is 2.17. The van der Waals surface area contributed by atoms with Gasteiger partial charge in [0.05, 0.1) is 13.5 Å². The molecule has 3 heteroatoms. The third-order valence-electron chi connectivity index (χ3n) is 3.28. The number of hydrogen-bond donors (Lipinski definition) is 1. The van der Waals surface area contributed by atoms with E-state index < -0.39 is 5.97 Å². The van der Waals surface area contributed by atoms with Crippen molar-refractivity contribution in [2.75, 3.05) is 7.11 Å². The lowest BCUT2D eigenvalue weighted by Gasteiger charge is -2.23. The summed E-state index contributed by atoms with van der Waals surface area (Å²) >= 11 is 0. The minimum Gasteiger partial charge on any atom is -0.496 e. The van der Waals surface area contributed by atoms with E-state index in [-0.39, 0.29) is 11.8 Å². The predicted molar refractivity (Wildman–Crippen MR) is 82.2 cm³/mol. The summed E-state index contributed by atoms with van der Waals surface area (Å²) < 4.78 is 5.42. The first-order chi connectivity index (χ1) is 9.29. The van der Waals surface area contributed by atoms with Crippen molar-refractivity contribution in [3.05, 3.63) is 35.4 Å². The maximum absolute atomic E-state index is 10.7. The van der Waals surface area contributed by atoms with E-state index in [1.807, 2.05) is 19.1 Å². The molecule has 0 aliphatic rings. The van der Waals surface area contributed by atoms with Gasteiger partial charge in [-0.05, 0) is 35.1 Å². The fourth-order valence-corrected chi connectivity index (χ4v) is 2.17. The van der Waals surface area contributed by atoms with Gasteiger partial charge in [-0.15, -0.1) is 0 Å². The first-order valence-electron chi connectivity index (χ1n) is 6.89. The van der Waals surface area contributed by atoms with Crippen LogP contribution in [0.3, 0.4) is 0 Å². The Balaban J connectivity index is 3.25. The standard InChI is InChI=1S/C17H24O3/c1-6-12(8-10-16(18)19)13-7-9-15(20-5)14(11-13)17(2,3)4/h7-9,11H,6,10H2,1-5H3,(H,18,19)/b12-8+. The summed E-state index contributed by atoms with van der Waals surface area (Å²) in [7, 11) is 1.67. The van der Waals surface area contributed by atoms with Crippen LogP contribution in [0, 0.1) is 0 Å². The number of aliphatic carboxylic acids is 1. The highest BCUT2D eigenvalue weighted by atomic mass is 16.5. The largest absolute Gasteiger partial charge is 0.496 e. The van der Waals surface area contributed by atoms with Gasteiger partial charge in [0.25, 0.3) is 0 Å². The molecule has 0 aromatic heterocycles. The number of carbonyl (C=O) groups is 1. The minimum absolute atomic E-state index is 0.0208. The fraction of sp³-hybridized carbons (Fsp3) is 0.471. The molecule has 0 heterocycles. The Morgan fingerprint density at radius 1 is 1.35 bits per heavy atom. The number of hydrogen-bond acceptors (Lipinski definition) is 2. The first kappa shape index (κ1) is 16.3. The minimum atomic E-state index is -0.805. The molecule has 1 rings (SSSR count). The molecule has 110 valence electrons. The monoisotopic (exact) mass is 276 g/mol. The number of rotatable bonds is 5. The Bertz CT molecular complexity index is 507. The molecule has 0 saturated heterocycles. The Morgan fingerprint density at radius 2 is 2.00 bits per heavy atom. The van der Waals surface area contributed by atoms with Crippen LogP contribution in [0.1, 0.15) is 51.7 Å². The summed E-state index contributed by atoms with van der Waals surface area (Å²) in [5, 5.41) is 8.81. The summed E-state index contributed by atoms with van der Waals surface area (Å²) in [4.78, 5) is 10.7. The highest BCUT2D eigenvalue weighted by molar-refractivity contribution is 5.74. The normalized spacial score (nSPS) is 12.3. The molecule has 0 radical (unpaired) electrons. The van der Waals surface area contributed by atoms with Crippen LogP contribution in [0.2, 0.25) is 0 Å². The van der Waals surface area contributed by atoms with Crippen LogP contribution in [0.4, 0.5) is 0 Å². The zero-order chi connectivity index (χ0) is 15.3. The van der Waals surface area contributed by atoms with Crippen molar-refractivity contribution in [3.8, 4) is 5.75 Å². The van der Waals surface area contributed by atoms with Crippen LogP contribution in [0.5, 0.6) is 5.75 Å². The second-order valence-corrected chi connectivity index (χ2v) is 5.85. The van der Waals surface area contributed by atoms with Crippen molar-refractivity contribution in [2.45, 2.75) is 46.0 Å². The Hall–Kier alpha value is -1.77. The van der Waals surface area contributed by atoms with Gasteiger partial charge in [0.15, 0.2) is 0 Å². The SMILES string of the molecule is CC/C(=C\CC(=O)O)c1ccc(OC)c(C(C)(C)C)c1. The predicted octanol–water partition coefficient (Wildman–Crippen LogP) is 4.26. The second kappa shape index (κ2) is 6.60. The van der Waals surface area contributed by atoms with Gasteiger partial charge >= 0.3 is 5.97 Å². The van der Waals surface area contributed by atoms with Gasteiger partial charge in [-0.2, -0.15) is 0 Å². The van der Waals surface area contributed by atoms with Gasteiger partial charge in [-0.1, -0.05) is 39.8 Å². The second-order valence-electron chi connectivity index (χ2n) is 5.85. The summed E-state index contributed by atoms with van der Waals surface area (Å²) in [6.45, 7) is 8.46. The Morgan fingerprint density at radius 3 is 2.45 bits per heavy atom. The summed E-state index contributed by atoms with van der Waals surface area (Å²) in [5.41, 5.74) is 3.24. The van der Waals surface area contributed by atoms with Crippen LogP contribution in [-0.4, -0.2) is 18.2 Å². The van der Waals surface area contributed by atoms with Gasteiger partial charge in [0.1, 0.15) is 5.75 Å². The Kier molecular flexibility index (Phi) is 5.37. The maximum atomic E-state index is 10.7. The van der Waals surface area contributed by atoms with Gasteiger partial charge < -0.3 is 9.84 Å². The van der Waals surface area contributed by atoms with E-state index in [1.54, 1.807) is 13.2 Å². The zero-order valence-electron chi connectivity index (χ0n) is 13.0. The van der Waals surface area contributed by atoms with Crippen LogP contribution >= 0.6 is 0 Å². The van der Waals surface area contributed by atoms with E-state index in [1.165, 1.54) is 0 Å². The van der Waals surface area contributed by atoms with E-state index in [4.69, 9.17) is 9.84 Å². The molecular weight excluding hydrogens is 252 g/mol. The molecule has 1 aromatic rings. The average Bonchev–Trinajstić information content (AvgIpc) is 2.38. The van der Waals surface area contributed by atoms with Crippen LogP contribution in [0.25, 0.3) is 5.57 Å². The molecule has 1 aromatic carbocycles. The third-order valence-corrected chi connectivity index (χ3v) is 3.28. The van der Waals surface area contributed by atoms with Crippen LogP contribution < -0.4 is 4.74 Å². The number of methoxy groups -OCH3 is 1. The molecule has 1 N–H and O–H groups in total. The van der Waals surface area contributed by atoms with Crippen molar-refractivity contribution in [3.63, 3.8) is 0 Å². The van der Waals surface area contributed by atoms with Gasteiger partial charge in [0, 0.05) is 5.56 Å². The maximum Gasteiger partial charge on any atom is 0.307 e. The van der Waals surface area contributed by atoms with Crippen molar-refractivity contribution >= 4 is 11.5 Å². The van der Waals surface area contributed by atoms with E-state index in [9.17, 15) is 4.79 Å². The van der Waals surface area contributed by atoms with Crippen molar-refractivity contribution in [1.29, 1.82) is 0 Å². The van der Waals surface area contributed by atoms with Crippen LogP contribution in [-0.2, 0) is 10.2 Å². The average molecular weight is 276 g/mol. The molecule has 0 aliphatic heterocycles. The smallest absolute Gasteiger partial charge is 0.307 e. The van der Waals surface area contributed by atoms with E-state index >= 15 is 0 Å². The zero-order valence-corrected chi connectivity index (χ0v) is 13.0. The lowest BCUT2D eigenvalue weighted by molar-refractivity contribution is -0.135. The molecule has 0 atom stereocenters. The van der Waals surface area contributed by atoms with Gasteiger partial charge in [0.2, 0.25) is 0 Å². The van der Waals surface area contributed by atoms with E-state index in [2.05, 4.69) is 26.8 Å². The molecular formula is C17H24O3. The molecule has 0 spiro atoms. The number of ether oxygens (including phenoxy) is 1. The summed E-state index contributed by atoms with van der Waals surface area (Å²) in [6.07, 6.45) is 2.65. The number of benzene rings is 1. The van der Waals surface area contributed by atoms with Crippen LogP contribution in [0.15, 0.2) is 24.3 Å². The quantitative estimate of drug-likeness (QED) is 0.874. The molecule has 3 nitrogen and oxygen atoms in total. The highest BCUT2D eigenvalue weighted by Gasteiger charge is 2.19. The Labute approximate surface area is 121 Å². The lowest BCUT2D eigenvalue weighted by Crippen LogP contribution is -2.13.